The smallest absolute Gasteiger partial charge is 0.0851 e. The third-order valence-corrected chi connectivity index (χ3v) is 2.47. The van der Waals surface area contributed by atoms with Crippen molar-refractivity contribution >= 4 is 0 Å². The highest BCUT2D eigenvalue weighted by molar-refractivity contribution is 4.88. The van der Waals surface area contributed by atoms with Crippen molar-refractivity contribution in [3.05, 3.63) is 0 Å². The molecule has 1 aliphatic rings. The molecule has 0 radical (unpaired) electrons. The van der Waals surface area contributed by atoms with Gasteiger partial charge in [0.05, 0.1) is 18.8 Å². The van der Waals surface area contributed by atoms with Gasteiger partial charge in [0, 0.05) is 13.0 Å². The molecule has 0 aliphatic heterocycles. The van der Waals surface area contributed by atoms with Gasteiger partial charge in [0.25, 0.3) is 0 Å². The summed E-state index contributed by atoms with van der Waals surface area (Å²) in [6.07, 6.45) is -0.295. The summed E-state index contributed by atoms with van der Waals surface area (Å²) in [7, 11) is 1.61. The summed E-state index contributed by atoms with van der Waals surface area (Å²) in [5.74, 6) is 0.315. The maximum Gasteiger partial charge on any atom is 0.0851 e. The first-order valence-corrected chi connectivity index (χ1v) is 4.02. The first-order chi connectivity index (χ1) is 5.16. The minimum Gasteiger partial charge on any atom is -0.390 e. The Kier molecular flexibility index (Phi) is 2.87. The third kappa shape index (κ3) is 1.72. The molecule has 0 heterocycles. The summed E-state index contributed by atoms with van der Waals surface area (Å²) in [4.78, 5) is 0. The Labute approximate surface area is 67.0 Å². The highest BCUT2D eigenvalue weighted by atomic mass is 16.5. The van der Waals surface area contributed by atoms with Gasteiger partial charge in [-0.25, -0.2) is 0 Å². The van der Waals surface area contributed by atoms with Crippen molar-refractivity contribution in [2.75, 3.05) is 13.7 Å². The maximum absolute atomic E-state index is 9.43. The van der Waals surface area contributed by atoms with Crippen LogP contribution in [-0.2, 0) is 4.74 Å². The molecule has 3 nitrogen and oxygen atoms in total. The van der Waals surface area contributed by atoms with Crippen LogP contribution in [0.4, 0.5) is 0 Å². The molecule has 0 amide bonds. The van der Waals surface area contributed by atoms with Crippen LogP contribution in [0.25, 0.3) is 0 Å². The average molecular weight is 160 g/mol. The molecule has 1 aliphatic carbocycles. The van der Waals surface area contributed by atoms with Gasteiger partial charge in [0.2, 0.25) is 0 Å². The van der Waals surface area contributed by atoms with E-state index in [1.54, 1.807) is 7.11 Å². The van der Waals surface area contributed by atoms with E-state index in [1.807, 2.05) is 6.92 Å². The number of rotatable bonds is 2. The van der Waals surface area contributed by atoms with E-state index < -0.39 is 12.2 Å². The highest BCUT2D eigenvalue weighted by Crippen LogP contribution is 2.31. The van der Waals surface area contributed by atoms with E-state index in [9.17, 15) is 10.2 Å². The maximum atomic E-state index is 9.43. The lowest BCUT2D eigenvalue weighted by molar-refractivity contribution is -0.00885. The number of hydrogen-bond acceptors (Lipinski definition) is 3. The van der Waals surface area contributed by atoms with Gasteiger partial charge in [-0.15, -0.1) is 0 Å². The standard InChI is InChI=1S/C8H16O3/c1-5-3-6(4-11-2)8(10)7(5)9/h5-10H,3-4H2,1-2H3/t5-,6-,7+,8-/m1/s1. The van der Waals surface area contributed by atoms with Gasteiger partial charge in [0.15, 0.2) is 0 Å². The molecule has 66 valence electrons. The molecule has 2 N–H and O–H groups in total. The molecule has 3 heteroatoms. The Morgan fingerprint density at radius 2 is 2.00 bits per heavy atom. The summed E-state index contributed by atoms with van der Waals surface area (Å²) < 4.78 is 4.92. The van der Waals surface area contributed by atoms with Gasteiger partial charge in [-0.1, -0.05) is 6.92 Å². The third-order valence-electron chi connectivity index (χ3n) is 2.47. The van der Waals surface area contributed by atoms with Crippen LogP contribution in [0.3, 0.4) is 0 Å². The molecule has 0 saturated heterocycles. The van der Waals surface area contributed by atoms with Crippen LogP contribution < -0.4 is 0 Å². The van der Waals surface area contributed by atoms with Gasteiger partial charge in [-0.2, -0.15) is 0 Å². The van der Waals surface area contributed by atoms with E-state index in [0.29, 0.717) is 6.61 Å². The largest absolute Gasteiger partial charge is 0.390 e. The molecule has 0 aromatic rings. The van der Waals surface area contributed by atoms with Crippen molar-refractivity contribution < 1.29 is 14.9 Å². The molecule has 1 saturated carbocycles. The molecular weight excluding hydrogens is 144 g/mol. The fourth-order valence-electron chi connectivity index (χ4n) is 1.75. The number of aliphatic hydroxyl groups excluding tert-OH is 2. The molecule has 1 fully saturated rings. The zero-order valence-electron chi connectivity index (χ0n) is 7.03. The summed E-state index contributed by atoms with van der Waals surface area (Å²) >= 11 is 0. The predicted molar refractivity (Wildman–Crippen MR) is 41.2 cm³/mol. The number of hydrogen-bond donors (Lipinski definition) is 2. The number of methoxy groups -OCH3 is 1. The van der Waals surface area contributed by atoms with Crippen LogP contribution in [-0.4, -0.2) is 36.1 Å². The van der Waals surface area contributed by atoms with Gasteiger partial charge >= 0.3 is 0 Å². The van der Waals surface area contributed by atoms with Crippen molar-refractivity contribution in [1.29, 1.82) is 0 Å². The van der Waals surface area contributed by atoms with Crippen LogP contribution in [0.15, 0.2) is 0 Å². The lowest BCUT2D eigenvalue weighted by Crippen LogP contribution is -2.29. The first-order valence-electron chi connectivity index (χ1n) is 4.02. The monoisotopic (exact) mass is 160 g/mol. The lowest BCUT2D eigenvalue weighted by atomic mass is 10.1. The second-order valence-electron chi connectivity index (χ2n) is 3.41. The lowest BCUT2D eigenvalue weighted by Gasteiger charge is -2.14. The molecule has 0 spiro atoms. The van der Waals surface area contributed by atoms with E-state index >= 15 is 0 Å². The Balaban J connectivity index is 2.45. The first kappa shape index (κ1) is 8.97. The predicted octanol–water partition coefficient (Wildman–Crippen LogP) is 0.0106. The van der Waals surface area contributed by atoms with Crippen LogP contribution >= 0.6 is 0 Å². The summed E-state index contributed by atoms with van der Waals surface area (Å²) in [5.41, 5.74) is 0. The fraction of sp³-hybridized carbons (Fsp3) is 1.00. The van der Waals surface area contributed by atoms with Crippen LogP contribution in [0.1, 0.15) is 13.3 Å². The van der Waals surface area contributed by atoms with Gasteiger partial charge < -0.3 is 14.9 Å². The van der Waals surface area contributed by atoms with Crippen molar-refractivity contribution in [2.45, 2.75) is 25.6 Å². The SMILES string of the molecule is COC[C@H]1C[C@@H](C)[C@H](O)[C@@H]1O. The fourth-order valence-corrected chi connectivity index (χ4v) is 1.75. The molecule has 0 aromatic carbocycles. The minimum absolute atomic E-state index is 0.116. The Bertz CT molecular complexity index is 127. The van der Waals surface area contributed by atoms with Gasteiger partial charge in [-0.3, -0.25) is 0 Å². The summed E-state index contributed by atoms with van der Waals surface area (Å²) in [6.45, 7) is 2.49. The molecule has 0 unspecified atom stereocenters. The Hall–Kier alpha value is -0.120. The average Bonchev–Trinajstić information content (AvgIpc) is 2.19. The topological polar surface area (TPSA) is 49.7 Å². The van der Waals surface area contributed by atoms with E-state index in [2.05, 4.69) is 0 Å². The van der Waals surface area contributed by atoms with E-state index in [0.717, 1.165) is 6.42 Å². The quantitative estimate of drug-likeness (QED) is 0.598. The second-order valence-corrected chi connectivity index (χ2v) is 3.41. The van der Waals surface area contributed by atoms with Gasteiger partial charge in [-0.05, 0) is 12.3 Å². The molecule has 11 heavy (non-hydrogen) atoms. The Morgan fingerprint density at radius 1 is 1.36 bits per heavy atom. The van der Waals surface area contributed by atoms with Crippen molar-refractivity contribution in [3.8, 4) is 0 Å². The second kappa shape index (κ2) is 3.52. The van der Waals surface area contributed by atoms with Gasteiger partial charge in [0.1, 0.15) is 0 Å². The van der Waals surface area contributed by atoms with Crippen molar-refractivity contribution in [3.63, 3.8) is 0 Å². The summed E-state index contributed by atoms with van der Waals surface area (Å²) in [6, 6.07) is 0. The zero-order chi connectivity index (χ0) is 8.43. The van der Waals surface area contributed by atoms with Crippen molar-refractivity contribution in [1.82, 2.24) is 0 Å². The molecular formula is C8H16O3. The van der Waals surface area contributed by atoms with Crippen LogP contribution in [0, 0.1) is 11.8 Å². The minimum atomic E-state index is -0.593. The Morgan fingerprint density at radius 3 is 2.36 bits per heavy atom. The molecule has 0 bridgehead atoms. The molecule has 0 aromatic heterocycles. The van der Waals surface area contributed by atoms with E-state index in [-0.39, 0.29) is 11.8 Å². The van der Waals surface area contributed by atoms with Crippen LogP contribution in [0.2, 0.25) is 0 Å². The highest BCUT2D eigenvalue weighted by Gasteiger charge is 2.38. The van der Waals surface area contributed by atoms with E-state index in [1.165, 1.54) is 0 Å². The molecule has 4 atom stereocenters. The van der Waals surface area contributed by atoms with E-state index in [4.69, 9.17) is 4.74 Å². The summed E-state index contributed by atoms with van der Waals surface area (Å²) in [5, 5.41) is 18.8. The zero-order valence-corrected chi connectivity index (χ0v) is 7.03. The normalized spacial score (nSPS) is 44.7. The molecule has 1 rings (SSSR count). The number of ether oxygens (including phenoxy) is 1. The number of aliphatic hydroxyl groups is 2. The van der Waals surface area contributed by atoms with Crippen molar-refractivity contribution in [2.24, 2.45) is 11.8 Å². The van der Waals surface area contributed by atoms with Crippen LogP contribution in [0.5, 0.6) is 0 Å².